The minimum absolute atomic E-state index is 0.0179. The summed E-state index contributed by atoms with van der Waals surface area (Å²) in [4.78, 5) is 25.1. The highest BCUT2D eigenvalue weighted by Gasteiger charge is 2.18. The fraction of sp³-hybridized carbons (Fsp3) is 0. The van der Waals surface area contributed by atoms with Gasteiger partial charge in [0.15, 0.2) is 4.96 Å². The number of carbonyl (C=O) groups is 1. The molecule has 0 radical (unpaired) electrons. The average molecular weight is 363 g/mol. The Bertz CT molecular complexity index is 1130. The number of thiazole rings is 1. The molecule has 1 aromatic carbocycles. The van der Waals surface area contributed by atoms with Crippen LogP contribution >= 0.6 is 11.3 Å². The van der Waals surface area contributed by atoms with Gasteiger partial charge in [0, 0.05) is 23.3 Å². The standard InChI is InChI=1S/C18H13N5O2S/c19-17-20-7-6-13(21-17)12(16(24)25)10-14-15(11-4-2-1-3-5-11)22-18-23(14)8-9-26-18/h1-10H,(H,24,25)(H2,19,20,21)/b12-10-. The smallest absolute Gasteiger partial charge is 0.337 e. The van der Waals surface area contributed by atoms with Crippen LogP contribution in [0, 0.1) is 0 Å². The van der Waals surface area contributed by atoms with Gasteiger partial charge in [0.25, 0.3) is 0 Å². The van der Waals surface area contributed by atoms with Gasteiger partial charge in [-0.05, 0) is 12.1 Å². The molecule has 7 nitrogen and oxygen atoms in total. The van der Waals surface area contributed by atoms with Crippen molar-refractivity contribution in [2.45, 2.75) is 0 Å². The second kappa shape index (κ2) is 6.41. The zero-order valence-corrected chi connectivity index (χ0v) is 14.2. The Labute approximate surface area is 152 Å². The molecule has 128 valence electrons. The second-order valence-electron chi connectivity index (χ2n) is 5.43. The van der Waals surface area contributed by atoms with Crippen molar-refractivity contribution in [1.29, 1.82) is 0 Å². The summed E-state index contributed by atoms with van der Waals surface area (Å²) >= 11 is 1.48. The molecule has 0 amide bonds. The molecule has 0 unspecified atom stereocenters. The molecule has 0 aliphatic rings. The van der Waals surface area contributed by atoms with Gasteiger partial charge in [-0.2, -0.15) is 0 Å². The van der Waals surface area contributed by atoms with Crippen molar-refractivity contribution in [3.8, 4) is 11.3 Å². The summed E-state index contributed by atoms with van der Waals surface area (Å²) in [7, 11) is 0. The molecule has 0 spiro atoms. The lowest BCUT2D eigenvalue weighted by Gasteiger charge is -2.04. The first-order valence-electron chi connectivity index (χ1n) is 7.68. The maximum atomic E-state index is 11.9. The first-order chi connectivity index (χ1) is 12.6. The lowest BCUT2D eigenvalue weighted by Crippen LogP contribution is -2.05. The van der Waals surface area contributed by atoms with Crippen LogP contribution in [0.15, 0.2) is 54.2 Å². The van der Waals surface area contributed by atoms with Gasteiger partial charge in [0.1, 0.15) is 0 Å². The van der Waals surface area contributed by atoms with Gasteiger partial charge in [0.2, 0.25) is 5.95 Å². The number of aromatic nitrogens is 4. The Morgan fingerprint density at radius 3 is 2.73 bits per heavy atom. The Morgan fingerprint density at radius 2 is 2.00 bits per heavy atom. The second-order valence-corrected chi connectivity index (χ2v) is 6.30. The maximum Gasteiger partial charge on any atom is 0.337 e. The number of anilines is 1. The minimum atomic E-state index is -1.10. The predicted octanol–water partition coefficient (Wildman–Crippen LogP) is 3.06. The topological polar surface area (TPSA) is 106 Å². The number of benzene rings is 1. The molecule has 0 fully saturated rings. The zero-order chi connectivity index (χ0) is 18.1. The van der Waals surface area contributed by atoms with E-state index in [4.69, 9.17) is 5.73 Å². The predicted molar refractivity (Wildman–Crippen MR) is 100 cm³/mol. The number of aliphatic carboxylic acids is 1. The highest BCUT2D eigenvalue weighted by Crippen LogP contribution is 2.29. The van der Waals surface area contributed by atoms with Crippen LogP contribution in [-0.2, 0) is 4.79 Å². The van der Waals surface area contributed by atoms with Crippen LogP contribution in [0.5, 0.6) is 0 Å². The van der Waals surface area contributed by atoms with Gasteiger partial charge in [0.05, 0.1) is 22.7 Å². The monoisotopic (exact) mass is 363 g/mol. The lowest BCUT2D eigenvalue weighted by molar-refractivity contribution is -0.130. The molecule has 4 rings (SSSR count). The molecule has 3 heterocycles. The van der Waals surface area contributed by atoms with Gasteiger partial charge in [-0.15, -0.1) is 11.3 Å². The number of nitrogen functional groups attached to an aromatic ring is 1. The van der Waals surface area contributed by atoms with E-state index in [1.165, 1.54) is 23.6 Å². The summed E-state index contributed by atoms with van der Waals surface area (Å²) in [5.74, 6) is -1.08. The fourth-order valence-corrected chi connectivity index (χ4v) is 3.38. The lowest BCUT2D eigenvalue weighted by atomic mass is 10.1. The molecular formula is C18H13N5O2S. The third-order valence-electron chi connectivity index (χ3n) is 3.81. The summed E-state index contributed by atoms with van der Waals surface area (Å²) in [5.41, 5.74) is 8.15. The van der Waals surface area contributed by atoms with Gasteiger partial charge < -0.3 is 10.8 Å². The van der Waals surface area contributed by atoms with E-state index in [1.54, 1.807) is 6.08 Å². The number of imidazole rings is 1. The molecule has 3 N–H and O–H groups in total. The number of nitrogens with zero attached hydrogens (tertiary/aromatic N) is 4. The van der Waals surface area contributed by atoms with Gasteiger partial charge in [-0.1, -0.05) is 30.3 Å². The third-order valence-corrected chi connectivity index (χ3v) is 4.56. The van der Waals surface area contributed by atoms with E-state index in [0.29, 0.717) is 11.4 Å². The van der Waals surface area contributed by atoms with Crippen molar-refractivity contribution in [3.05, 3.63) is 65.6 Å². The van der Waals surface area contributed by atoms with E-state index in [2.05, 4.69) is 15.0 Å². The van der Waals surface area contributed by atoms with Gasteiger partial charge >= 0.3 is 5.97 Å². The van der Waals surface area contributed by atoms with Crippen LogP contribution in [0.2, 0.25) is 0 Å². The quantitative estimate of drug-likeness (QED) is 0.540. The largest absolute Gasteiger partial charge is 0.478 e. The van der Waals surface area contributed by atoms with Crippen molar-refractivity contribution in [1.82, 2.24) is 19.4 Å². The molecule has 0 aliphatic carbocycles. The van der Waals surface area contributed by atoms with E-state index >= 15 is 0 Å². The number of hydrogen-bond donors (Lipinski definition) is 2. The summed E-state index contributed by atoms with van der Waals surface area (Å²) in [6.07, 6.45) is 4.86. The highest BCUT2D eigenvalue weighted by atomic mass is 32.1. The van der Waals surface area contributed by atoms with E-state index in [0.717, 1.165) is 10.5 Å². The number of carboxylic acids is 1. The molecule has 8 heteroatoms. The Hall–Kier alpha value is -3.52. The van der Waals surface area contributed by atoms with Crippen molar-refractivity contribution in [3.63, 3.8) is 0 Å². The van der Waals surface area contributed by atoms with Crippen LogP contribution in [0.3, 0.4) is 0 Å². The summed E-state index contributed by atoms with van der Waals surface area (Å²) in [5, 5.41) is 11.6. The van der Waals surface area contributed by atoms with Crippen LogP contribution < -0.4 is 5.73 Å². The van der Waals surface area contributed by atoms with Gasteiger partial charge in [-0.25, -0.2) is 19.7 Å². The molecule has 0 aliphatic heterocycles. The third kappa shape index (κ3) is 2.82. The molecule has 0 atom stereocenters. The van der Waals surface area contributed by atoms with Crippen molar-refractivity contribution < 1.29 is 9.90 Å². The maximum absolute atomic E-state index is 11.9. The van der Waals surface area contributed by atoms with Crippen LogP contribution in [-0.4, -0.2) is 30.4 Å². The SMILES string of the molecule is Nc1nccc(/C(=C/c2c(-c3ccccc3)nc3sccn23)C(=O)O)n1. The molecule has 26 heavy (non-hydrogen) atoms. The van der Waals surface area contributed by atoms with E-state index in [1.807, 2.05) is 46.3 Å². The normalized spacial score (nSPS) is 11.8. The van der Waals surface area contributed by atoms with Crippen molar-refractivity contribution >= 4 is 39.9 Å². The van der Waals surface area contributed by atoms with Gasteiger partial charge in [-0.3, -0.25) is 4.40 Å². The summed E-state index contributed by atoms with van der Waals surface area (Å²) < 4.78 is 1.86. The van der Waals surface area contributed by atoms with E-state index in [9.17, 15) is 9.90 Å². The summed E-state index contributed by atoms with van der Waals surface area (Å²) in [6.45, 7) is 0. The minimum Gasteiger partial charge on any atom is -0.478 e. The number of carboxylic acid groups (broad SMARTS) is 1. The molecule has 0 bridgehead atoms. The molecule has 0 saturated carbocycles. The van der Waals surface area contributed by atoms with Crippen LogP contribution in [0.1, 0.15) is 11.4 Å². The molecular weight excluding hydrogens is 350 g/mol. The first kappa shape index (κ1) is 16.0. The Balaban J connectivity index is 1.96. The van der Waals surface area contributed by atoms with E-state index in [-0.39, 0.29) is 17.2 Å². The molecule has 4 aromatic rings. The van der Waals surface area contributed by atoms with Crippen LogP contribution in [0.4, 0.5) is 5.95 Å². The van der Waals surface area contributed by atoms with Crippen LogP contribution in [0.25, 0.3) is 27.9 Å². The average Bonchev–Trinajstić information content (AvgIpc) is 3.22. The number of fused-ring (bicyclic) bond motifs is 1. The Kier molecular flexibility index (Phi) is 3.94. The van der Waals surface area contributed by atoms with Crippen molar-refractivity contribution in [2.75, 3.05) is 5.73 Å². The first-order valence-corrected chi connectivity index (χ1v) is 8.56. The number of nitrogens with two attached hydrogens (primary N) is 1. The molecule has 3 aromatic heterocycles. The van der Waals surface area contributed by atoms with Crippen molar-refractivity contribution in [2.24, 2.45) is 0 Å². The number of hydrogen-bond acceptors (Lipinski definition) is 6. The van der Waals surface area contributed by atoms with E-state index < -0.39 is 5.97 Å². The number of rotatable bonds is 4. The summed E-state index contributed by atoms with van der Waals surface area (Å²) in [6, 6.07) is 11.1. The zero-order valence-electron chi connectivity index (χ0n) is 13.4. The fourth-order valence-electron chi connectivity index (χ4n) is 2.66. The highest BCUT2D eigenvalue weighted by molar-refractivity contribution is 7.15. The Morgan fingerprint density at radius 1 is 1.19 bits per heavy atom. The molecule has 0 saturated heterocycles.